The lowest BCUT2D eigenvalue weighted by Gasteiger charge is -2.58. The largest absolute Gasteiger partial charge is 0.0955 e. The van der Waals surface area contributed by atoms with Crippen LogP contribution < -0.4 is 0 Å². The Bertz CT molecular complexity index is 686. The Hall–Kier alpha value is -1.30. The van der Waals surface area contributed by atoms with Gasteiger partial charge in [-0.05, 0) is 69.9 Å². The van der Waals surface area contributed by atoms with E-state index < -0.39 is 0 Å². The van der Waals surface area contributed by atoms with Crippen molar-refractivity contribution in [2.75, 3.05) is 0 Å². The summed E-state index contributed by atoms with van der Waals surface area (Å²) in [4.78, 5) is 0. The lowest BCUT2D eigenvalue weighted by molar-refractivity contribution is 0.237. The van der Waals surface area contributed by atoms with E-state index >= 15 is 0 Å². The summed E-state index contributed by atoms with van der Waals surface area (Å²) in [6.45, 7) is 31.9. The number of hydrogen-bond acceptors (Lipinski definition) is 0. The van der Waals surface area contributed by atoms with Crippen LogP contribution in [0.4, 0.5) is 0 Å². The minimum atomic E-state index is 0.164. The highest BCUT2D eigenvalue weighted by Gasteiger charge is 2.55. The van der Waals surface area contributed by atoms with Crippen LogP contribution in [0.25, 0.3) is 11.1 Å². The maximum atomic E-state index is 4.36. The van der Waals surface area contributed by atoms with Gasteiger partial charge in [0, 0.05) is 0 Å². The first-order valence-corrected chi connectivity index (χ1v) is 9.34. The van der Waals surface area contributed by atoms with Crippen LogP contribution in [0.2, 0.25) is 0 Å². The van der Waals surface area contributed by atoms with E-state index in [9.17, 15) is 0 Å². The average molecular weight is 325 g/mol. The van der Waals surface area contributed by atoms with Crippen molar-refractivity contribution in [1.29, 1.82) is 0 Å². The summed E-state index contributed by atoms with van der Waals surface area (Å²) in [7, 11) is 0. The predicted octanol–water partition coefficient (Wildman–Crippen LogP) is 7.57. The zero-order chi connectivity index (χ0) is 18.8. The number of fused-ring (bicyclic) bond motifs is 1. The highest BCUT2D eigenvalue weighted by molar-refractivity contribution is 5.84. The molecular weight excluding hydrogens is 288 g/mol. The van der Waals surface area contributed by atoms with E-state index in [1.807, 2.05) is 0 Å². The summed E-state index contributed by atoms with van der Waals surface area (Å²) in [5.41, 5.74) is 11.6. The molecule has 1 aliphatic carbocycles. The first-order valence-electron chi connectivity index (χ1n) is 9.34. The molecule has 0 radical (unpaired) electrons. The van der Waals surface area contributed by atoms with Gasteiger partial charge in [-0.3, -0.25) is 0 Å². The molecule has 0 fully saturated rings. The van der Waals surface area contributed by atoms with Gasteiger partial charge in [-0.1, -0.05) is 79.7 Å². The van der Waals surface area contributed by atoms with Gasteiger partial charge in [-0.15, -0.1) is 0 Å². The molecule has 0 nitrogen and oxygen atoms in total. The summed E-state index contributed by atoms with van der Waals surface area (Å²) in [6.07, 6.45) is 0. The van der Waals surface area contributed by atoms with Gasteiger partial charge < -0.3 is 0 Å². The van der Waals surface area contributed by atoms with Crippen LogP contribution in [-0.4, -0.2) is 0 Å². The SMILES string of the molecule is C=C(C)c1c(C(C)C)c(C(=C)C)c2c(c1C(C)C)C(C)(C)C2(C)C. The van der Waals surface area contributed by atoms with Crippen LogP contribution >= 0.6 is 0 Å². The third kappa shape index (κ3) is 2.25. The standard InChI is InChI=1S/C24H36/c1-13(2)17-18(14(3)4)20(16(7)8)22-21(19(17)15(5)6)23(9,10)24(22,11)12/h14-15H,1,7H2,2-6,8-12H3. The Kier molecular flexibility index (Phi) is 4.45. The smallest absolute Gasteiger partial charge is 0.000265 e. The minimum Gasteiger partial charge on any atom is -0.0955 e. The predicted molar refractivity (Wildman–Crippen MR) is 110 cm³/mol. The molecule has 1 aromatic rings. The van der Waals surface area contributed by atoms with E-state index in [0.29, 0.717) is 11.8 Å². The molecule has 1 aromatic carbocycles. The number of rotatable bonds is 4. The Balaban J connectivity index is 3.17. The van der Waals surface area contributed by atoms with Gasteiger partial charge in [-0.2, -0.15) is 0 Å². The molecule has 0 atom stereocenters. The van der Waals surface area contributed by atoms with Gasteiger partial charge >= 0.3 is 0 Å². The second-order valence-corrected chi connectivity index (χ2v) is 9.45. The molecule has 0 aliphatic heterocycles. The van der Waals surface area contributed by atoms with Crippen molar-refractivity contribution >= 4 is 11.1 Å². The molecule has 0 N–H and O–H groups in total. The molecule has 0 aromatic heterocycles. The number of benzene rings is 1. The van der Waals surface area contributed by atoms with Crippen LogP contribution in [0, 0.1) is 0 Å². The summed E-state index contributed by atoms with van der Waals surface area (Å²) in [5, 5.41) is 0. The lowest BCUT2D eigenvalue weighted by atomic mass is 9.45. The normalized spacial score (nSPS) is 17.7. The van der Waals surface area contributed by atoms with Crippen molar-refractivity contribution in [3.05, 3.63) is 46.5 Å². The van der Waals surface area contributed by atoms with Gasteiger partial charge in [0.25, 0.3) is 0 Å². The molecular formula is C24H36. The summed E-state index contributed by atoms with van der Waals surface area (Å²) < 4.78 is 0. The fourth-order valence-corrected chi connectivity index (χ4v) is 4.68. The average Bonchev–Trinajstić information content (AvgIpc) is 2.42. The van der Waals surface area contributed by atoms with Crippen LogP contribution in [0.3, 0.4) is 0 Å². The van der Waals surface area contributed by atoms with Crippen molar-refractivity contribution in [1.82, 2.24) is 0 Å². The van der Waals surface area contributed by atoms with Crippen molar-refractivity contribution in [2.24, 2.45) is 0 Å². The number of hydrogen-bond donors (Lipinski definition) is 0. The van der Waals surface area contributed by atoms with Crippen molar-refractivity contribution in [3.8, 4) is 0 Å². The summed E-state index contributed by atoms with van der Waals surface area (Å²) in [5.74, 6) is 0.961. The fourth-order valence-electron chi connectivity index (χ4n) is 4.68. The monoisotopic (exact) mass is 324 g/mol. The molecule has 0 heterocycles. The first kappa shape index (κ1) is 19.0. The molecule has 0 spiro atoms. The maximum absolute atomic E-state index is 4.36. The molecule has 0 saturated heterocycles. The van der Waals surface area contributed by atoms with E-state index in [4.69, 9.17) is 0 Å². The van der Waals surface area contributed by atoms with Crippen LogP contribution in [-0.2, 0) is 10.8 Å². The zero-order valence-electron chi connectivity index (χ0n) is 17.6. The molecule has 0 amide bonds. The van der Waals surface area contributed by atoms with Gasteiger partial charge in [0.1, 0.15) is 0 Å². The summed E-state index contributed by atoms with van der Waals surface area (Å²) in [6, 6.07) is 0. The second-order valence-electron chi connectivity index (χ2n) is 9.45. The topological polar surface area (TPSA) is 0 Å². The molecule has 0 unspecified atom stereocenters. The molecule has 1 aliphatic rings. The first-order chi connectivity index (χ1) is 10.8. The quantitative estimate of drug-likeness (QED) is 0.535. The van der Waals surface area contributed by atoms with Gasteiger partial charge in [0.15, 0.2) is 0 Å². The van der Waals surface area contributed by atoms with Gasteiger partial charge in [0.2, 0.25) is 0 Å². The van der Waals surface area contributed by atoms with Crippen molar-refractivity contribution in [3.63, 3.8) is 0 Å². The maximum Gasteiger partial charge on any atom is -0.000265 e. The molecule has 0 bridgehead atoms. The molecule has 24 heavy (non-hydrogen) atoms. The third-order valence-corrected chi connectivity index (χ3v) is 6.40. The molecule has 0 saturated carbocycles. The van der Waals surface area contributed by atoms with Gasteiger partial charge in [-0.25, -0.2) is 0 Å². The fraction of sp³-hybridized carbons (Fsp3) is 0.583. The third-order valence-electron chi connectivity index (χ3n) is 6.40. The minimum absolute atomic E-state index is 0.164. The molecule has 2 rings (SSSR count). The second kappa shape index (κ2) is 5.61. The Morgan fingerprint density at radius 2 is 1.04 bits per heavy atom. The zero-order valence-corrected chi connectivity index (χ0v) is 17.6. The van der Waals surface area contributed by atoms with E-state index in [0.717, 1.165) is 0 Å². The van der Waals surface area contributed by atoms with Crippen molar-refractivity contribution in [2.45, 2.75) is 91.9 Å². The summed E-state index contributed by atoms with van der Waals surface area (Å²) >= 11 is 0. The Morgan fingerprint density at radius 1 is 0.667 bits per heavy atom. The van der Waals surface area contributed by atoms with Crippen molar-refractivity contribution < 1.29 is 0 Å². The van der Waals surface area contributed by atoms with Crippen LogP contribution in [0.1, 0.15) is 114 Å². The highest BCUT2D eigenvalue weighted by Crippen LogP contribution is 2.62. The molecule has 0 heteroatoms. The lowest BCUT2D eigenvalue weighted by Crippen LogP contribution is -2.53. The van der Waals surface area contributed by atoms with E-state index in [1.54, 1.807) is 5.56 Å². The van der Waals surface area contributed by atoms with Crippen LogP contribution in [0.15, 0.2) is 13.2 Å². The van der Waals surface area contributed by atoms with Gasteiger partial charge in [0.05, 0.1) is 0 Å². The number of allylic oxidation sites excluding steroid dienone is 2. The van der Waals surface area contributed by atoms with E-state index in [2.05, 4.69) is 82.4 Å². The van der Waals surface area contributed by atoms with E-state index in [1.165, 1.54) is 39.0 Å². The van der Waals surface area contributed by atoms with E-state index in [-0.39, 0.29) is 10.8 Å². The highest BCUT2D eigenvalue weighted by atomic mass is 14.6. The Morgan fingerprint density at radius 3 is 1.38 bits per heavy atom. The molecule has 132 valence electrons. The Labute approximate surface area is 150 Å². The van der Waals surface area contributed by atoms with Crippen LogP contribution in [0.5, 0.6) is 0 Å².